The van der Waals surface area contributed by atoms with E-state index in [4.69, 9.17) is 0 Å². The summed E-state index contributed by atoms with van der Waals surface area (Å²) < 4.78 is 0. The summed E-state index contributed by atoms with van der Waals surface area (Å²) in [5.74, 6) is -1.29. The molecule has 122 valence electrons. The second kappa shape index (κ2) is 7.28. The van der Waals surface area contributed by atoms with Crippen molar-refractivity contribution in [2.75, 3.05) is 0 Å². The van der Waals surface area contributed by atoms with Crippen LogP contribution in [0.2, 0.25) is 0 Å². The average molecular weight is 334 g/mol. The molecule has 0 aliphatic rings. The summed E-state index contributed by atoms with van der Waals surface area (Å²) in [5, 5.41) is 37.3. The van der Waals surface area contributed by atoms with Gasteiger partial charge in [-0.25, -0.2) is 0 Å². The Kier molecular flexibility index (Phi) is 5.39. The van der Waals surface area contributed by atoms with E-state index in [0.717, 1.165) is 17.3 Å². The summed E-state index contributed by atoms with van der Waals surface area (Å²) in [4.78, 5) is 12.0. The van der Waals surface area contributed by atoms with E-state index in [-0.39, 0.29) is 23.2 Å². The van der Waals surface area contributed by atoms with E-state index in [1.165, 1.54) is 18.2 Å². The van der Waals surface area contributed by atoms with Crippen molar-refractivity contribution < 1.29 is 25.2 Å². The van der Waals surface area contributed by atoms with Crippen LogP contribution < -0.4 is 0 Å². The summed E-state index contributed by atoms with van der Waals surface area (Å²) in [5.41, 5.74) is 0.847. The molecule has 2 rings (SSSR count). The Balaban J connectivity index is 2.15. The first-order valence-electron chi connectivity index (χ1n) is 7.06. The van der Waals surface area contributed by atoms with Crippen molar-refractivity contribution in [3.8, 4) is 17.2 Å². The minimum Gasteiger partial charge on any atom is -0.508 e. The number of phenolic OH excluding ortho intramolecular Hbond substituents is 3. The number of hydrogen-bond donors (Lipinski definition) is 4. The number of carboxylic acid groups (broad SMARTS) is 1. The lowest BCUT2D eigenvalue weighted by Gasteiger charge is -2.20. The van der Waals surface area contributed by atoms with Gasteiger partial charge < -0.3 is 20.4 Å². The Morgan fingerprint density at radius 3 is 2.39 bits per heavy atom. The van der Waals surface area contributed by atoms with Gasteiger partial charge in [0.25, 0.3) is 0 Å². The molecule has 0 aromatic heterocycles. The molecule has 2 aromatic carbocycles. The number of phenols is 3. The minimum atomic E-state index is -0.977. The molecule has 5 nitrogen and oxygen atoms in total. The molecule has 0 saturated heterocycles. The van der Waals surface area contributed by atoms with Gasteiger partial charge in [0.1, 0.15) is 22.5 Å². The summed E-state index contributed by atoms with van der Waals surface area (Å²) >= 11 is 1.04. The maximum absolute atomic E-state index is 11.6. The van der Waals surface area contributed by atoms with Crippen LogP contribution in [0.15, 0.2) is 47.4 Å². The highest BCUT2D eigenvalue weighted by Gasteiger charge is 2.27. The van der Waals surface area contributed by atoms with Gasteiger partial charge >= 0.3 is 5.97 Å². The van der Waals surface area contributed by atoms with Crippen molar-refractivity contribution in [1.29, 1.82) is 0 Å². The molecule has 0 spiro atoms. The lowest BCUT2D eigenvalue weighted by molar-refractivity contribution is -0.137. The van der Waals surface area contributed by atoms with Crippen LogP contribution in [-0.4, -0.2) is 31.6 Å². The monoisotopic (exact) mass is 334 g/mol. The minimum absolute atomic E-state index is 0.0773. The maximum Gasteiger partial charge on any atom is 0.317 e. The fraction of sp³-hybridized carbons (Fsp3) is 0.235. The molecule has 0 bridgehead atoms. The zero-order valence-electron chi connectivity index (χ0n) is 12.5. The Bertz CT molecular complexity index is 701. The number of carbonyl (C=O) groups is 1. The van der Waals surface area contributed by atoms with Crippen molar-refractivity contribution >= 4 is 17.7 Å². The van der Waals surface area contributed by atoms with Gasteiger partial charge in [0, 0.05) is 6.07 Å². The summed E-state index contributed by atoms with van der Waals surface area (Å²) in [6.45, 7) is 1.81. The predicted molar refractivity (Wildman–Crippen MR) is 88.0 cm³/mol. The molecular weight excluding hydrogens is 316 g/mol. The molecule has 6 heteroatoms. The summed E-state index contributed by atoms with van der Waals surface area (Å²) in [7, 11) is 0. The molecule has 2 unspecified atom stereocenters. The van der Waals surface area contributed by atoms with Crippen LogP contribution >= 0.6 is 11.8 Å². The molecule has 0 aliphatic heterocycles. The van der Waals surface area contributed by atoms with Gasteiger partial charge in [0.15, 0.2) is 0 Å². The van der Waals surface area contributed by atoms with Gasteiger partial charge in [-0.05, 0) is 42.2 Å². The molecular formula is C17H18O5S. The van der Waals surface area contributed by atoms with Crippen molar-refractivity contribution in [2.24, 2.45) is 5.92 Å². The first-order chi connectivity index (χ1) is 10.9. The highest BCUT2D eigenvalue weighted by atomic mass is 32.2. The van der Waals surface area contributed by atoms with Crippen LogP contribution in [-0.2, 0) is 11.2 Å². The zero-order valence-corrected chi connectivity index (χ0v) is 13.3. The van der Waals surface area contributed by atoms with E-state index in [9.17, 15) is 25.2 Å². The van der Waals surface area contributed by atoms with Gasteiger partial charge in [-0.2, -0.15) is 0 Å². The molecule has 2 atom stereocenters. The lowest BCUT2D eigenvalue weighted by Crippen LogP contribution is -2.26. The Hall–Kier alpha value is -2.34. The quantitative estimate of drug-likeness (QED) is 0.606. The molecule has 2 aromatic rings. The smallest absolute Gasteiger partial charge is 0.317 e. The number of rotatable bonds is 6. The summed E-state index contributed by atoms with van der Waals surface area (Å²) in [6.07, 6.45) is 0.483. The number of thioether (sulfide) groups is 1. The van der Waals surface area contributed by atoms with E-state index >= 15 is 0 Å². The van der Waals surface area contributed by atoms with Crippen LogP contribution in [0.25, 0.3) is 0 Å². The standard InChI is InChI=1S/C17H18O5S/c1-10(7-11-3-2-4-12(18)8-11)16(17(21)22)23-15-6-5-13(19)9-14(15)20/h2-6,8-10,16,18-20H,7H2,1H3,(H,21,22). The Morgan fingerprint density at radius 2 is 1.78 bits per heavy atom. The van der Waals surface area contributed by atoms with Crippen molar-refractivity contribution in [1.82, 2.24) is 0 Å². The van der Waals surface area contributed by atoms with Crippen LogP contribution in [0.5, 0.6) is 17.2 Å². The normalized spacial score (nSPS) is 13.4. The van der Waals surface area contributed by atoms with Gasteiger partial charge in [0.2, 0.25) is 0 Å². The molecule has 23 heavy (non-hydrogen) atoms. The van der Waals surface area contributed by atoms with E-state index in [1.807, 2.05) is 13.0 Å². The molecule has 0 amide bonds. The third-order valence-electron chi connectivity index (χ3n) is 3.42. The average Bonchev–Trinajstić information content (AvgIpc) is 2.45. The molecule has 4 N–H and O–H groups in total. The first kappa shape index (κ1) is 17.0. The third-order valence-corrected chi connectivity index (χ3v) is 4.94. The number of aromatic hydroxyl groups is 3. The predicted octanol–water partition coefficient (Wildman–Crippen LogP) is 3.23. The van der Waals surface area contributed by atoms with Crippen LogP contribution in [0.3, 0.4) is 0 Å². The van der Waals surface area contributed by atoms with E-state index < -0.39 is 11.2 Å². The number of benzene rings is 2. The van der Waals surface area contributed by atoms with Gasteiger partial charge in [0.05, 0.1) is 4.90 Å². The highest BCUT2D eigenvalue weighted by Crippen LogP contribution is 2.37. The zero-order chi connectivity index (χ0) is 17.0. The molecule has 0 aliphatic carbocycles. The van der Waals surface area contributed by atoms with Crippen molar-refractivity contribution in [3.05, 3.63) is 48.0 Å². The molecule has 0 saturated carbocycles. The highest BCUT2D eigenvalue weighted by molar-refractivity contribution is 8.00. The second-order valence-electron chi connectivity index (χ2n) is 5.38. The molecule has 0 heterocycles. The maximum atomic E-state index is 11.6. The van der Waals surface area contributed by atoms with Crippen LogP contribution in [0.1, 0.15) is 12.5 Å². The van der Waals surface area contributed by atoms with E-state index in [0.29, 0.717) is 11.3 Å². The summed E-state index contributed by atoms with van der Waals surface area (Å²) in [6, 6.07) is 10.8. The fourth-order valence-electron chi connectivity index (χ4n) is 2.31. The van der Waals surface area contributed by atoms with Crippen molar-refractivity contribution in [3.63, 3.8) is 0 Å². The van der Waals surface area contributed by atoms with E-state index in [1.54, 1.807) is 18.2 Å². The van der Waals surface area contributed by atoms with Crippen LogP contribution in [0.4, 0.5) is 0 Å². The van der Waals surface area contributed by atoms with Crippen molar-refractivity contribution in [2.45, 2.75) is 23.5 Å². The van der Waals surface area contributed by atoms with Gasteiger partial charge in [-0.1, -0.05) is 19.1 Å². The largest absolute Gasteiger partial charge is 0.508 e. The Morgan fingerprint density at radius 1 is 1.09 bits per heavy atom. The number of carboxylic acids is 1. The second-order valence-corrected chi connectivity index (χ2v) is 6.56. The van der Waals surface area contributed by atoms with E-state index in [2.05, 4.69) is 0 Å². The third kappa shape index (κ3) is 4.56. The van der Waals surface area contributed by atoms with Crippen LogP contribution in [0, 0.1) is 5.92 Å². The topological polar surface area (TPSA) is 98.0 Å². The number of aliphatic carboxylic acids is 1. The first-order valence-corrected chi connectivity index (χ1v) is 7.94. The molecule has 0 radical (unpaired) electrons. The SMILES string of the molecule is CC(Cc1cccc(O)c1)C(Sc1ccc(O)cc1O)C(=O)O. The Labute approximate surface area is 138 Å². The number of hydrogen-bond acceptors (Lipinski definition) is 5. The lowest BCUT2D eigenvalue weighted by atomic mass is 9.97. The van der Waals surface area contributed by atoms with Gasteiger partial charge in [-0.15, -0.1) is 11.8 Å². The fourth-order valence-corrected chi connectivity index (χ4v) is 3.34. The molecule has 0 fully saturated rings. The van der Waals surface area contributed by atoms with Gasteiger partial charge in [-0.3, -0.25) is 4.79 Å².